The van der Waals surface area contributed by atoms with Gasteiger partial charge in [-0.1, -0.05) is 6.07 Å². The van der Waals surface area contributed by atoms with E-state index in [9.17, 15) is 8.42 Å². The second-order valence-corrected chi connectivity index (χ2v) is 7.72. The fourth-order valence-corrected chi connectivity index (χ4v) is 4.53. The first-order valence-corrected chi connectivity index (χ1v) is 8.75. The van der Waals surface area contributed by atoms with Crippen molar-refractivity contribution in [3.05, 3.63) is 24.3 Å². The van der Waals surface area contributed by atoms with Crippen LogP contribution in [-0.4, -0.2) is 37.2 Å². The number of aliphatic hydroxyl groups is 1. The van der Waals surface area contributed by atoms with Gasteiger partial charge in [0.05, 0.1) is 11.9 Å². The van der Waals surface area contributed by atoms with E-state index in [1.54, 1.807) is 6.07 Å². The SMILES string of the molecule is Nc1cccc(SCCS(=O)(=O)NC2CC(O)C2)c1. The van der Waals surface area contributed by atoms with E-state index in [1.807, 2.05) is 18.2 Å². The molecule has 1 fully saturated rings. The monoisotopic (exact) mass is 302 g/mol. The maximum absolute atomic E-state index is 11.8. The third kappa shape index (κ3) is 4.68. The Balaban J connectivity index is 1.75. The van der Waals surface area contributed by atoms with Crippen LogP contribution in [0.4, 0.5) is 5.69 Å². The van der Waals surface area contributed by atoms with Gasteiger partial charge in [0, 0.05) is 22.4 Å². The maximum Gasteiger partial charge on any atom is 0.212 e. The van der Waals surface area contributed by atoms with Gasteiger partial charge in [0.15, 0.2) is 0 Å². The van der Waals surface area contributed by atoms with Crippen LogP contribution in [0.5, 0.6) is 0 Å². The second kappa shape index (κ2) is 6.13. The molecule has 1 saturated carbocycles. The number of nitrogens with one attached hydrogen (secondary N) is 1. The molecule has 0 bridgehead atoms. The van der Waals surface area contributed by atoms with E-state index in [1.165, 1.54) is 11.8 Å². The zero-order chi connectivity index (χ0) is 13.9. The summed E-state index contributed by atoms with van der Waals surface area (Å²) in [4.78, 5) is 0.967. The van der Waals surface area contributed by atoms with Gasteiger partial charge in [-0.05, 0) is 31.0 Å². The van der Waals surface area contributed by atoms with Gasteiger partial charge in [-0.3, -0.25) is 0 Å². The summed E-state index contributed by atoms with van der Waals surface area (Å²) in [6, 6.07) is 7.28. The van der Waals surface area contributed by atoms with Gasteiger partial charge >= 0.3 is 0 Å². The van der Waals surface area contributed by atoms with Crippen molar-refractivity contribution < 1.29 is 13.5 Å². The zero-order valence-corrected chi connectivity index (χ0v) is 12.1. The molecule has 1 aromatic rings. The van der Waals surface area contributed by atoms with Gasteiger partial charge in [0.25, 0.3) is 0 Å². The molecule has 1 aliphatic rings. The van der Waals surface area contributed by atoms with E-state index in [2.05, 4.69) is 4.72 Å². The summed E-state index contributed by atoms with van der Waals surface area (Å²) >= 11 is 1.47. The third-order valence-electron chi connectivity index (χ3n) is 2.94. The molecule has 0 unspecified atom stereocenters. The molecule has 7 heteroatoms. The smallest absolute Gasteiger partial charge is 0.212 e. The Morgan fingerprint density at radius 2 is 2.16 bits per heavy atom. The van der Waals surface area contributed by atoms with Gasteiger partial charge in [-0.2, -0.15) is 0 Å². The van der Waals surface area contributed by atoms with E-state index in [-0.39, 0.29) is 17.9 Å². The lowest BCUT2D eigenvalue weighted by atomic mass is 9.91. The Morgan fingerprint density at radius 3 is 2.79 bits per heavy atom. The Bertz CT molecular complexity index is 528. The summed E-state index contributed by atoms with van der Waals surface area (Å²) in [5.41, 5.74) is 6.33. The van der Waals surface area contributed by atoms with Crippen LogP contribution in [0.15, 0.2) is 29.2 Å². The second-order valence-electron chi connectivity index (χ2n) is 4.68. The first-order chi connectivity index (χ1) is 8.94. The highest BCUT2D eigenvalue weighted by Gasteiger charge is 2.30. The molecule has 0 heterocycles. The van der Waals surface area contributed by atoms with Gasteiger partial charge < -0.3 is 10.8 Å². The fraction of sp³-hybridized carbons (Fsp3) is 0.500. The summed E-state index contributed by atoms with van der Waals surface area (Å²) < 4.78 is 26.1. The van der Waals surface area contributed by atoms with Crippen molar-refractivity contribution in [3.63, 3.8) is 0 Å². The van der Waals surface area contributed by atoms with Crippen molar-refractivity contribution in [2.75, 3.05) is 17.2 Å². The molecule has 1 aromatic carbocycles. The first kappa shape index (κ1) is 14.6. The summed E-state index contributed by atoms with van der Waals surface area (Å²) in [5, 5.41) is 9.12. The van der Waals surface area contributed by atoms with Crippen molar-refractivity contribution in [2.24, 2.45) is 0 Å². The molecule has 4 N–H and O–H groups in total. The number of benzene rings is 1. The van der Waals surface area contributed by atoms with Crippen molar-refractivity contribution in [3.8, 4) is 0 Å². The van der Waals surface area contributed by atoms with Crippen LogP contribution in [0.3, 0.4) is 0 Å². The molecule has 0 saturated heterocycles. The summed E-state index contributed by atoms with van der Waals surface area (Å²) in [5.74, 6) is 0.549. The molecule has 0 atom stereocenters. The summed E-state index contributed by atoms with van der Waals surface area (Å²) in [6.07, 6.45) is 0.678. The molecule has 0 spiro atoms. The standard InChI is InChI=1S/C12H18N2O3S2/c13-9-2-1-3-12(6-9)18-4-5-19(16,17)14-10-7-11(15)8-10/h1-3,6,10-11,14-15H,4-5,7-8,13H2. The highest BCUT2D eigenvalue weighted by atomic mass is 32.2. The Morgan fingerprint density at radius 1 is 1.42 bits per heavy atom. The molecule has 0 radical (unpaired) electrons. The molecule has 2 rings (SSSR count). The minimum absolute atomic E-state index is 0.0685. The van der Waals surface area contributed by atoms with E-state index >= 15 is 0 Å². The molecular weight excluding hydrogens is 284 g/mol. The molecule has 19 heavy (non-hydrogen) atoms. The van der Waals surface area contributed by atoms with Crippen LogP contribution in [0, 0.1) is 0 Å². The van der Waals surface area contributed by atoms with Gasteiger partial charge in [-0.25, -0.2) is 13.1 Å². The molecule has 0 aromatic heterocycles. The number of sulfonamides is 1. The van der Waals surface area contributed by atoms with Gasteiger partial charge in [-0.15, -0.1) is 11.8 Å². The van der Waals surface area contributed by atoms with Gasteiger partial charge in [0.1, 0.15) is 0 Å². The molecule has 106 valence electrons. The van der Waals surface area contributed by atoms with E-state index < -0.39 is 10.0 Å². The number of thioether (sulfide) groups is 1. The van der Waals surface area contributed by atoms with Crippen LogP contribution in [-0.2, 0) is 10.0 Å². The van der Waals surface area contributed by atoms with Crippen LogP contribution in [0.2, 0.25) is 0 Å². The zero-order valence-electron chi connectivity index (χ0n) is 10.5. The minimum atomic E-state index is -3.26. The Kier molecular flexibility index (Phi) is 4.72. The van der Waals surface area contributed by atoms with Gasteiger partial charge in [0.2, 0.25) is 10.0 Å². The molecule has 1 aliphatic carbocycles. The number of rotatable bonds is 6. The van der Waals surface area contributed by atoms with Crippen molar-refractivity contribution in [2.45, 2.75) is 29.9 Å². The summed E-state index contributed by atoms with van der Waals surface area (Å²) in [6.45, 7) is 0. The van der Waals surface area contributed by atoms with E-state index in [0.29, 0.717) is 24.3 Å². The van der Waals surface area contributed by atoms with Crippen molar-refractivity contribution >= 4 is 27.5 Å². The van der Waals surface area contributed by atoms with Crippen molar-refractivity contribution in [1.29, 1.82) is 0 Å². The highest BCUT2D eigenvalue weighted by molar-refractivity contribution is 8.00. The van der Waals surface area contributed by atoms with Crippen LogP contribution < -0.4 is 10.5 Å². The average Bonchev–Trinajstić information content (AvgIpc) is 2.26. The lowest BCUT2D eigenvalue weighted by Crippen LogP contribution is -2.47. The van der Waals surface area contributed by atoms with Crippen LogP contribution >= 0.6 is 11.8 Å². The average molecular weight is 302 g/mol. The normalized spacial score (nSPS) is 23.0. The molecule has 5 nitrogen and oxygen atoms in total. The highest BCUT2D eigenvalue weighted by Crippen LogP contribution is 2.22. The topological polar surface area (TPSA) is 92.4 Å². The lowest BCUT2D eigenvalue weighted by molar-refractivity contribution is 0.0712. The first-order valence-electron chi connectivity index (χ1n) is 6.11. The van der Waals surface area contributed by atoms with E-state index in [0.717, 1.165) is 4.90 Å². The van der Waals surface area contributed by atoms with Crippen LogP contribution in [0.25, 0.3) is 0 Å². The Hall–Kier alpha value is -0.760. The number of nitrogen functional groups attached to an aromatic ring is 1. The third-order valence-corrected chi connectivity index (χ3v) is 5.63. The number of nitrogens with two attached hydrogens (primary N) is 1. The predicted octanol–water partition coefficient (Wildman–Crippen LogP) is 0.804. The number of hydrogen-bond donors (Lipinski definition) is 3. The fourth-order valence-electron chi connectivity index (χ4n) is 1.87. The molecular formula is C12H18N2O3S2. The number of aliphatic hydroxyl groups excluding tert-OH is 1. The van der Waals surface area contributed by atoms with E-state index in [4.69, 9.17) is 10.8 Å². The number of anilines is 1. The quantitative estimate of drug-likeness (QED) is 0.534. The molecule has 0 amide bonds. The maximum atomic E-state index is 11.8. The largest absolute Gasteiger partial charge is 0.399 e. The summed E-state index contributed by atoms with van der Waals surface area (Å²) in [7, 11) is -3.26. The van der Waals surface area contributed by atoms with Crippen LogP contribution in [0.1, 0.15) is 12.8 Å². The predicted molar refractivity (Wildman–Crippen MR) is 77.5 cm³/mol. The van der Waals surface area contributed by atoms with Crippen molar-refractivity contribution in [1.82, 2.24) is 4.72 Å². The Labute approximate surface area is 117 Å². The minimum Gasteiger partial charge on any atom is -0.399 e. The molecule has 0 aliphatic heterocycles. The number of hydrogen-bond acceptors (Lipinski definition) is 5. The lowest BCUT2D eigenvalue weighted by Gasteiger charge is -2.31.